The molecule has 0 aliphatic rings. The Balaban J connectivity index is 2.49. The zero-order valence-electron chi connectivity index (χ0n) is 10.8. The molecule has 0 saturated carbocycles. The second-order valence-corrected chi connectivity index (χ2v) is 4.44. The van der Waals surface area contributed by atoms with Crippen LogP contribution in [0.2, 0.25) is 0 Å². The van der Waals surface area contributed by atoms with Crippen LogP contribution in [-0.4, -0.2) is 25.7 Å². The average molecular weight is 252 g/mol. The van der Waals surface area contributed by atoms with Gasteiger partial charge in [0.25, 0.3) is 5.91 Å². The molecule has 5 nitrogen and oxygen atoms in total. The summed E-state index contributed by atoms with van der Waals surface area (Å²) in [6.07, 6.45) is 0. The lowest BCUT2D eigenvalue weighted by Gasteiger charge is -2.11. The molecule has 0 spiro atoms. The molecule has 0 bridgehead atoms. The smallest absolute Gasteiger partial charge is 0.252 e. The fourth-order valence-corrected chi connectivity index (χ4v) is 1.40. The van der Waals surface area contributed by atoms with Gasteiger partial charge in [0.05, 0.1) is 12.2 Å². The van der Waals surface area contributed by atoms with Crippen molar-refractivity contribution in [1.82, 2.24) is 0 Å². The first-order chi connectivity index (χ1) is 8.50. The maximum atomic E-state index is 11.2. The Kier molecular flexibility index (Phi) is 5.45. The molecule has 0 aliphatic carbocycles. The van der Waals surface area contributed by atoms with Crippen LogP contribution < -0.4 is 16.2 Å². The molecule has 0 aliphatic heterocycles. The fourth-order valence-electron chi connectivity index (χ4n) is 1.40. The summed E-state index contributed by atoms with van der Waals surface area (Å²) >= 11 is 0. The van der Waals surface area contributed by atoms with Crippen LogP contribution >= 0.6 is 0 Å². The number of rotatable bonds is 7. The number of hydrogen-bond donors (Lipinski definition) is 2. The summed E-state index contributed by atoms with van der Waals surface area (Å²) in [4.78, 5) is 11.2. The number of nitrogen functional groups attached to an aromatic ring is 1. The molecule has 0 aromatic heterocycles. The molecule has 0 heterocycles. The lowest BCUT2D eigenvalue weighted by atomic mass is 10.1. The van der Waals surface area contributed by atoms with Gasteiger partial charge in [0.1, 0.15) is 12.4 Å². The van der Waals surface area contributed by atoms with Gasteiger partial charge in [-0.1, -0.05) is 13.8 Å². The predicted octanol–water partition coefficient (Wildman–Crippen LogP) is 1.42. The Bertz CT molecular complexity index is 405. The minimum Gasteiger partial charge on any atom is -0.490 e. The third-order valence-corrected chi connectivity index (χ3v) is 2.21. The number of carbonyl (C=O) groups excluding carboxylic acids is 1. The van der Waals surface area contributed by atoms with Gasteiger partial charge < -0.3 is 20.9 Å². The topological polar surface area (TPSA) is 87.6 Å². The van der Waals surface area contributed by atoms with Gasteiger partial charge in [-0.05, 0) is 24.1 Å². The van der Waals surface area contributed by atoms with Gasteiger partial charge in [0.15, 0.2) is 0 Å². The molecule has 18 heavy (non-hydrogen) atoms. The van der Waals surface area contributed by atoms with Crippen LogP contribution in [0, 0.1) is 5.92 Å². The summed E-state index contributed by atoms with van der Waals surface area (Å²) in [5.41, 5.74) is 11.6. The molecule has 0 atom stereocenters. The van der Waals surface area contributed by atoms with E-state index < -0.39 is 5.91 Å². The van der Waals surface area contributed by atoms with Crippen molar-refractivity contribution in [2.24, 2.45) is 11.7 Å². The van der Waals surface area contributed by atoms with Crippen LogP contribution in [0.3, 0.4) is 0 Å². The van der Waals surface area contributed by atoms with Crippen molar-refractivity contribution >= 4 is 11.6 Å². The Morgan fingerprint density at radius 2 is 2.06 bits per heavy atom. The second kappa shape index (κ2) is 6.86. The minimum atomic E-state index is -0.555. The molecule has 100 valence electrons. The highest BCUT2D eigenvalue weighted by Gasteiger charge is 2.09. The van der Waals surface area contributed by atoms with Crippen molar-refractivity contribution in [3.05, 3.63) is 23.8 Å². The zero-order valence-corrected chi connectivity index (χ0v) is 10.8. The molecule has 4 N–H and O–H groups in total. The molecule has 1 aromatic rings. The molecule has 0 radical (unpaired) electrons. The summed E-state index contributed by atoms with van der Waals surface area (Å²) in [5, 5.41) is 0. The molecule has 0 fully saturated rings. The van der Waals surface area contributed by atoms with Gasteiger partial charge in [-0.2, -0.15) is 0 Å². The van der Waals surface area contributed by atoms with Crippen LogP contribution in [0.15, 0.2) is 18.2 Å². The summed E-state index contributed by atoms with van der Waals surface area (Å²) < 4.78 is 10.8. The van der Waals surface area contributed by atoms with Crippen molar-refractivity contribution in [2.45, 2.75) is 13.8 Å². The first kappa shape index (κ1) is 14.3. The normalized spacial score (nSPS) is 10.6. The van der Waals surface area contributed by atoms with E-state index in [9.17, 15) is 4.79 Å². The summed E-state index contributed by atoms with van der Waals surface area (Å²) in [6, 6.07) is 4.81. The summed E-state index contributed by atoms with van der Waals surface area (Å²) in [5.74, 6) is 0.368. The Hall–Kier alpha value is -1.75. The third kappa shape index (κ3) is 4.63. The fraction of sp³-hybridized carbons (Fsp3) is 0.462. The Morgan fingerprint density at radius 1 is 1.33 bits per heavy atom. The van der Waals surface area contributed by atoms with E-state index in [0.29, 0.717) is 42.7 Å². The highest BCUT2D eigenvalue weighted by atomic mass is 16.5. The van der Waals surface area contributed by atoms with Gasteiger partial charge in [0, 0.05) is 12.3 Å². The van der Waals surface area contributed by atoms with E-state index in [0.717, 1.165) is 0 Å². The van der Waals surface area contributed by atoms with E-state index in [1.807, 2.05) is 0 Å². The zero-order chi connectivity index (χ0) is 13.5. The number of carbonyl (C=O) groups is 1. The number of anilines is 1. The Labute approximate surface area is 107 Å². The molecule has 5 heteroatoms. The van der Waals surface area contributed by atoms with Crippen molar-refractivity contribution in [3.8, 4) is 5.75 Å². The van der Waals surface area contributed by atoms with Crippen LogP contribution in [0.5, 0.6) is 5.75 Å². The number of benzene rings is 1. The second-order valence-electron chi connectivity index (χ2n) is 4.44. The molecule has 1 amide bonds. The largest absolute Gasteiger partial charge is 0.490 e. The van der Waals surface area contributed by atoms with Crippen molar-refractivity contribution < 1.29 is 14.3 Å². The summed E-state index contributed by atoms with van der Waals surface area (Å²) in [7, 11) is 0. The minimum absolute atomic E-state index is 0.291. The van der Waals surface area contributed by atoms with Crippen molar-refractivity contribution in [3.63, 3.8) is 0 Å². The lowest BCUT2D eigenvalue weighted by molar-refractivity contribution is 0.0810. The quantitative estimate of drug-likeness (QED) is 0.567. The predicted molar refractivity (Wildman–Crippen MR) is 70.5 cm³/mol. The maximum absolute atomic E-state index is 11.2. The first-order valence-electron chi connectivity index (χ1n) is 5.90. The van der Waals surface area contributed by atoms with Gasteiger partial charge in [-0.15, -0.1) is 0 Å². The van der Waals surface area contributed by atoms with Crippen molar-refractivity contribution in [2.75, 3.05) is 25.6 Å². The SMILES string of the molecule is CC(C)COCCOc1ccc(N)cc1C(N)=O. The van der Waals surface area contributed by atoms with E-state index in [2.05, 4.69) is 13.8 Å². The molecule has 0 saturated heterocycles. The standard InChI is InChI=1S/C13H20N2O3/c1-9(2)8-17-5-6-18-12-4-3-10(14)7-11(12)13(15)16/h3-4,7,9H,5-6,8,14H2,1-2H3,(H2,15,16). The molecule has 1 aromatic carbocycles. The van der Waals surface area contributed by atoms with E-state index in [4.69, 9.17) is 20.9 Å². The van der Waals surface area contributed by atoms with E-state index in [-0.39, 0.29) is 0 Å². The number of nitrogens with two attached hydrogens (primary N) is 2. The van der Waals surface area contributed by atoms with Gasteiger partial charge in [-0.25, -0.2) is 0 Å². The van der Waals surface area contributed by atoms with Crippen LogP contribution in [-0.2, 0) is 4.74 Å². The molecular formula is C13H20N2O3. The highest BCUT2D eigenvalue weighted by molar-refractivity contribution is 5.96. The molecule has 0 unspecified atom stereocenters. The van der Waals surface area contributed by atoms with Crippen LogP contribution in [0.4, 0.5) is 5.69 Å². The highest BCUT2D eigenvalue weighted by Crippen LogP contribution is 2.20. The maximum Gasteiger partial charge on any atom is 0.252 e. The van der Waals surface area contributed by atoms with E-state index >= 15 is 0 Å². The van der Waals surface area contributed by atoms with Crippen LogP contribution in [0.1, 0.15) is 24.2 Å². The van der Waals surface area contributed by atoms with Gasteiger partial charge in [-0.3, -0.25) is 4.79 Å². The Morgan fingerprint density at radius 3 is 2.67 bits per heavy atom. The number of amides is 1. The van der Waals surface area contributed by atoms with E-state index in [1.165, 1.54) is 6.07 Å². The van der Waals surface area contributed by atoms with Gasteiger partial charge >= 0.3 is 0 Å². The first-order valence-corrected chi connectivity index (χ1v) is 5.90. The lowest BCUT2D eigenvalue weighted by Crippen LogP contribution is -2.15. The molecule has 1 rings (SSSR count). The van der Waals surface area contributed by atoms with Crippen LogP contribution in [0.25, 0.3) is 0 Å². The number of hydrogen-bond acceptors (Lipinski definition) is 4. The average Bonchev–Trinajstić information content (AvgIpc) is 2.29. The number of primary amides is 1. The van der Waals surface area contributed by atoms with E-state index in [1.54, 1.807) is 12.1 Å². The molecular weight excluding hydrogens is 232 g/mol. The van der Waals surface area contributed by atoms with Crippen molar-refractivity contribution in [1.29, 1.82) is 0 Å². The third-order valence-electron chi connectivity index (χ3n) is 2.21. The monoisotopic (exact) mass is 252 g/mol. The number of ether oxygens (including phenoxy) is 2. The van der Waals surface area contributed by atoms with Gasteiger partial charge in [0.2, 0.25) is 0 Å². The summed E-state index contributed by atoms with van der Waals surface area (Å²) in [6.45, 7) is 5.68.